The van der Waals surface area contributed by atoms with Gasteiger partial charge in [-0.25, -0.2) is 0 Å². The van der Waals surface area contributed by atoms with Crippen molar-refractivity contribution < 1.29 is 4.79 Å². The van der Waals surface area contributed by atoms with Crippen LogP contribution in [0, 0.1) is 6.07 Å². The van der Waals surface area contributed by atoms with Crippen molar-refractivity contribution in [3.8, 4) is 0 Å². The Labute approximate surface area is 81.9 Å². The van der Waals surface area contributed by atoms with Crippen molar-refractivity contribution in [2.75, 3.05) is 0 Å². The number of aromatic amines is 1. The van der Waals surface area contributed by atoms with Gasteiger partial charge < -0.3 is 4.98 Å². The van der Waals surface area contributed by atoms with E-state index in [4.69, 9.17) is 0 Å². The number of benzene rings is 1. The molecule has 3 rings (SSSR count). The zero-order valence-corrected chi connectivity index (χ0v) is 7.76. The second-order valence-corrected chi connectivity index (χ2v) is 3.71. The Morgan fingerprint density at radius 1 is 1.36 bits per heavy atom. The fourth-order valence-corrected chi connectivity index (χ4v) is 2.18. The van der Waals surface area contributed by atoms with Crippen molar-refractivity contribution >= 4 is 16.7 Å². The van der Waals surface area contributed by atoms with E-state index in [1.165, 1.54) is 5.56 Å². The van der Waals surface area contributed by atoms with Gasteiger partial charge in [0, 0.05) is 17.9 Å². The molecule has 1 radical (unpaired) electrons. The summed E-state index contributed by atoms with van der Waals surface area (Å²) in [6, 6.07) is 9.01. The lowest BCUT2D eigenvalue weighted by atomic mass is 9.95. The number of hydrogen-bond donors (Lipinski definition) is 1. The molecule has 0 spiro atoms. The summed E-state index contributed by atoms with van der Waals surface area (Å²) in [5, 5.41) is 1.16. The molecule has 1 aromatic carbocycles. The van der Waals surface area contributed by atoms with Crippen LogP contribution in [-0.2, 0) is 6.42 Å². The van der Waals surface area contributed by atoms with Crippen LogP contribution in [0.2, 0.25) is 0 Å². The Bertz CT molecular complexity index is 510. The number of Topliss-reactive ketones (excluding diaryl/α,β-unsaturated/α-hetero) is 1. The number of H-pyrrole nitrogens is 1. The standard InChI is InChI=1S/C12H10NO/c14-11-7-3-5-9-8-4-1-2-6-10(8)13-12(9)11/h1-2,4,13H,3,5,7H2. The monoisotopic (exact) mass is 184 g/mol. The van der Waals surface area contributed by atoms with Crippen molar-refractivity contribution in [2.24, 2.45) is 0 Å². The first-order valence-electron chi connectivity index (χ1n) is 4.91. The molecule has 2 aromatic rings. The zero-order valence-electron chi connectivity index (χ0n) is 7.76. The first kappa shape index (κ1) is 7.80. The molecule has 1 aromatic heterocycles. The molecule has 2 nitrogen and oxygen atoms in total. The summed E-state index contributed by atoms with van der Waals surface area (Å²) in [7, 11) is 0. The Morgan fingerprint density at radius 3 is 3.21 bits per heavy atom. The molecule has 0 saturated heterocycles. The molecule has 1 heterocycles. The van der Waals surface area contributed by atoms with Crippen molar-refractivity contribution in [1.82, 2.24) is 4.98 Å². The first-order valence-corrected chi connectivity index (χ1v) is 4.91. The number of aromatic nitrogens is 1. The Balaban J connectivity index is 2.38. The molecule has 14 heavy (non-hydrogen) atoms. The van der Waals surface area contributed by atoms with Crippen molar-refractivity contribution in [3.05, 3.63) is 35.5 Å². The molecule has 1 aliphatic rings. The highest BCUT2D eigenvalue weighted by Crippen LogP contribution is 2.28. The maximum absolute atomic E-state index is 11.6. The molecule has 0 fully saturated rings. The van der Waals surface area contributed by atoms with Crippen LogP contribution >= 0.6 is 0 Å². The van der Waals surface area contributed by atoms with Gasteiger partial charge in [-0.15, -0.1) is 0 Å². The van der Waals surface area contributed by atoms with Gasteiger partial charge in [0.2, 0.25) is 0 Å². The van der Waals surface area contributed by atoms with E-state index < -0.39 is 0 Å². The van der Waals surface area contributed by atoms with E-state index >= 15 is 0 Å². The van der Waals surface area contributed by atoms with E-state index in [1.807, 2.05) is 12.1 Å². The van der Waals surface area contributed by atoms with Crippen molar-refractivity contribution in [3.63, 3.8) is 0 Å². The number of aryl methyl sites for hydroxylation is 1. The van der Waals surface area contributed by atoms with E-state index in [0.717, 1.165) is 29.4 Å². The lowest BCUT2D eigenvalue weighted by Crippen LogP contribution is -2.09. The fourth-order valence-electron chi connectivity index (χ4n) is 2.18. The summed E-state index contributed by atoms with van der Waals surface area (Å²) in [5.74, 6) is 0.246. The Hall–Kier alpha value is -1.57. The van der Waals surface area contributed by atoms with Crippen LogP contribution in [0.15, 0.2) is 18.2 Å². The Kier molecular flexibility index (Phi) is 1.51. The van der Waals surface area contributed by atoms with Crippen LogP contribution < -0.4 is 0 Å². The van der Waals surface area contributed by atoms with Crippen molar-refractivity contribution in [2.45, 2.75) is 19.3 Å². The van der Waals surface area contributed by atoms with E-state index in [9.17, 15) is 4.79 Å². The fraction of sp³-hybridized carbons (Fsp3) is 0.250. The number of hydrogen-bond acceptors (Lipinski definition) is 1. The summed E-state index contributed by atoms with van der Waals surface area (Å²) in [6.07, 6.45) is 2.67. The largest absolute Gasteiger partial charge is 0.351 e. The molecule has 0 atom stereocenters. The second kappa shape index (κ2) is 2.71. The van der Waals surface area contributed by atoms with Gasteiger partial charge in [0.15, 0.2) is 5.78 Å². The van der Waals surface area contributed by atoms with E-state index in [2.05, 4.69) is 17.1 Å². The van der Waals surface area contributed by atoms with Crippen LogP contribution in [0.5, 0.6) is 0 Å². The van der Waals surface area contributed by atoms with Crippen LogP contribution in [0.25, 0.3) is 10.9 Å². The van der Waals surface area contributed by atoms with Gasteiger partial charge >= 0.3 is 0 Å². The maximum Gasteiger partial charge on any atom is 0.179 e. The number of carbonyl (C=O) groups is 1. The van der Waals surface area contributed by atoms with Gasteiger partial charge in [0.05, 0.1) is 11.2 Å². The molecular formula is C12H10NO. The lowest BCUT2D eigenvalue weighted by molar-refractivity contribution is 0.0968. The van der Waals surface area contributed by atoms with E-state index in [1.54, 1.807) is 0 Å². The number of fused-ring (bicyclic) bond motifs is 3. The molecule has 0 amide bonds. The summed E-state index contributed by atoms with van der Waals surface area (Å²) in [5.41, 5.74) is 2.97. The smallest absolute Gasteiger partial charge is 0.179 e. The number of carbonyl (C=O) groups excluding carboxylic acids is 1. The predicted octanol–water partition coefficient (Wildman–Crippen LogP) is 2.49. The SMILES string of the molecule is O=C1CCCc2c1[nH]c1[c]cccc21. The lowest BCUT2D eigenvalue weighted by Gasteiger charge is -2.09. The van der Waals surface area contributed by atoms with E-state index in [-0.39, 0.29) is 5.78 Å². The van der Waals surface area contributed by atoms with Crippen LogP contribution in [0.3, 0.4) is 0 Å². The van der Waals surface area contributed by atoms with Crippen LogP contribution in [0.4, 0.5) is 0 Å². The summed E-state index contributed by atoms with van der Waals surface area (Å²) < 4.78 is 0. The molecule has 0 saturated carbocycles. The summed E-state index contributed by atoms with van der Waals surface area (Å²) >= 11 is 0. The van der Waals surface area contributed by atoms with Gasteiger partial charge in [-0.2, -0.15) is 0 Å². The highest BCUT2D eigenvalue weighted by atomic mass is 16.1. The van der Waals surface area contributed by atoms with Gasteiger partial charge in [-0.3, -0.25) is 4.79 Å². The highest BCUT2D eigenvalue weighted by molar-refractivity contribution is 6.03. The van der Waals surface area contributed by atoms with Gasteiger partial charge in [-0.05, 0) is 18.4 Å². The van der Waals surface area contributed by atoms with Crippen LogP contribution in [-0.4, -0.2) is 10.8 Å². The quantitative estimate of drug-likeness (QED) is 0.670. The maximum atomic E-state index is 11.6. The normalized spacial score (nSPS) is 15.9. The minimum atomic E-state index is 0.246. The number of para-hydroxylation sites is 1. The molecule has 1 aliphatic carbocycles. The Morgan fingerprint density at radius 2 is 2.29 bits per heavy atom. The molecule has 2 heteroatoms. The molecule has 1 N–H and O–H groups in total. The van der Waals surface area contributed by atoms with Crippen molar-refractivity contribution in [1.29, 1.82) is 0 Å². The van der Waals surface area contributed by atoms with Gasteiger partial charge in [-0.1, -0.05) is 18.2 Å². The molecule has 69 valence electrons. The third kappa shape index (κ3) is 0.939. The predicted molar refractivity (Wildman–Crippen MR) is 54.4 cm³/mol. The average molecular weight is 184 g/mol. The van der Waals surface area contributed by atoms with E-state index in [0.29, 0.717) is 6.42 Å². The topological polar surface area (TPSA) is 32.9 Å². The minimum absolute atomic E-state index is 0.246. The van der Waals surface area contributed by atoms with Gasteiger partial charge in [0.25, 0.3) is 0 Å². The minimum Gasteiger partial charge on any atom is -0.351 e. The van der Waals surface area contributed by atoms with Gasteiger partial charge in [0.1, 0.15) is 0 Å². The summed E-state index contributed by atoms with van der Waals surface area (Å²) in [6.45, 7) is 0. The molecule has 0 bridgehead atoms. The molecule has 0 aliphatic heterocycles. The summed E-state index contributed by atoms with van der Waals surface area (Å²) in [4.78, 5) is 14.8. The molecular weight excluding hydrogens is 174 g/mol. The third-order valence-corrected chi connectivity index (χ3v) is 2.84. The number of ketones is 1. The first-order chi connectivity index (χ1) is 6.86. The molecule has 0 unspecified atom stereocenters. The average Bonchev–Trinajstić information content (AvgIpc) is 2.59. The zero-order chi connectivity index (χ0) is 9.54. The van der Waals surface area contributed by atoms with Crippen LogP contribution in [0.1, 0.15) is 28.9 Å². The highest BCUT2D eigenvalue weighted by Gasteiger charge is 2.21. The third-order valence-electron chi connectivity index (χ3n) is 2.84. The number of rotatable bonds is 0. The number of nitrogens with one attached hydrogen (secondary N) is 1. The second-order valence-electron chi connectivity index (χ2n) is 3.71.